The molecule has 0 aromatic heterocycles. The Hall–Kier alpha value is -1.90. The molecule has 38 heavy (non-hydrogen) atoms. The number of rotatable bonds is 8. The van der Waals surface area contributed by atoms with Crippen molar-refractivity contribution in [3.63, 3.8) is 0 Å². The first kappa shape index (κ1) is 30.6. The topological polar surface area (TPSA) is 102 Å². The molecule has 7 nitrogen and oxygen atoms in total. The largest absolute Gasteiger partial charge is 1.00 e. The van der Waals surface area contributed by atoms with Gasteiger partial charge >= 0.3 is 29.6 Å². The third-order valence-electron chi connectivity index (χ3n) is 7.27. The zero-order chi connectivity index (χ0) is 26.8. The smallest absolute Gasteiger partial charge is 0.550 e. The standard InChI is InChI=1S/C28H31Cl2N3O4.Na/c1-27(2)9-11-28(12-10-27)32-24(20-15-21(29)17-22(30)16-20)26(37)33(28)14-8-18-3-5-19(6-4-18)25(36)31-13-7-23(34)35;/h3-6,15-17H,7-14H2,1-2H3,(H,31,36)(H,34,35);/q;+1/p-1. The maximum absolute atomic E-state index is 13.7. The number of carboxylic acid groups (broad SMARTS) is 1. The molecule has 2 aromatic rings. The summed E-state index contributed by atoms with van der Waals surface area (Å²) in [5.74, 6) is -1.68. The summed E-state index contributed by atoms with van der Waals surface area (Å²) in [5, 5.41) is 14.0. The van der Waals surface area contributed by atoms with Crippen molar-refractivity contribution in [2.45, 2.75) is 58.0 Å². The van der Waals surface area contributed by atoms with Gasteiger partial charge < -0.3 is 20.1 Å². The number of nitrogens with one attached hydrogen (secondary N) is 1. The van der Waals surface area contributed by atoms with E-state index in [0.29, 0.717) is 39.8 Å². The zero-order valence-electron chi connectivity index (χ0n) is 22.0. The number of carbonyl (C=O) groups is 3. The quantitative estimate of drug-likeness (QED) is 0.483. The Morgan fingerprint density at radius 3 is 2.21 bits per heavy atom. The fourth-order valence-corrected chi connectivity index (χ4v) is 5.50. The average Bonchev–Trinajstić information content (AvgIpc) is 3.10. The summed E-state index contributed by atoms with van der Waals surface area (Å²) in [5.41, 5.74) is 2.05. The minimum atomic E-state index is -1.21. The molecule has 4 rings (SSSR count). The molecule has 2 aliphatic rings. The fraction of sp³-hybridized carbons (Fsp3) is 0.429. The van der Waals surface area contributed by atoms with Crippen LogP contribution in [-0.4, -0.2) is 47.1 Å². The van der Waals surface area contributed by atoms with Crippen molar-refractivity contribution in [2.75, 3.05) is 13.1 Å². The number of carboxylic acids is 1. The van der Waals surface area contributed by atoms with Crippen molar-refractivity contribution in [1.29, 1.82) is 0 Å². The van der Waals surface area contributed by atoms with Crippen LogP contribution in [0.2, 0.25) is 10.0 Å². The molecule has 1 fully saturated rings. The number of aliphatic carboxylic acids is 1. The summed E-state index contributed by atoms with van der Waals surface area (Å²) >= 11 is 12.4. The Bertz CT molecular complexity index is 1220. The van der Waals surface area contributed by atoms with Gasteiger partial charge in [-0.2, -0.15) is 0 Å². The van der Waals surface area contributed by atoms with Crippen LogP contribution in [0.1, 0.15) is 67.4 Å². The molecule has 1 aliphatic carbocycles. The minimum absolute atomic E-state index is 0. The molecule has 196 valence electrons. The Kier molecular flexibility index (Phi) is 10.1. The molecule has 1 N–H and O–H groups in total. The van der Waals surface area contributed by atoms with Crippen LogP contribution in [0.25, 0.3) is 0 Å². The Morgan fingerprint density at radius 2 is 1.63 bits per heavy atom. The molecule has 2 aromatic carbocycles. The van der Waals surface area contributed by atoms with Crippen molar-refractivity contribution in [3.05, 3.63) is 69.2 Å². The Morgan fingerprint density at radius 1 is 1.03 bits per heavy atom. The van der Waals surface area contributed by atoms with Gasteiger partial charge in [0.05, 0.1) is 0 Å². The van der Waals surface area contributed by atoms with E-state index < -0.39 is 11.6 Å². The first-order chi connectivity index (χ1) is 17.5. The van der Waals surface area contributed by atoms with Gasteiger partial charge in [-0.25, -0.2) is 0 Å². The number of aliphatic imine (C=N–C) groups is 1. The second kappa shape index (κ2) is 12.5. The van der Waals surface area contributed by atoms with E-state index in [1.807, 2.05) is 17.0 Å². The molecule has 1 saturated carbocycles. The van der Waals surface area contributed by atoms with E-state index in [1.165, 1.54) is 0 Å². The van der Waals surface area contributed by atoms with Crippen molar-refractivity contribution in [1.82, 2.24) is 10.2 Å². The van der Waals surface area contributed by atoms with Gasteiger partial charge in [0.15, 0.2) is 0 Å². The second-order valence-corrected chi connectivity index (χ2v) is 11.4. The van der Waals surface area contributed by atoms with Crippen molar-refractivity contribution in [3.8, 4) is 0 Å². The number of benzene rings is 2. The normalized spacial score (nSPS) is 17.6. The van der Waals surface area contributed by atoms with Crippen molar-refractivity contribution < 1.29 is 49.0 Å². The summed E-state index contributed by atoms with van der Waals surface area (Å²) in [6, 6.07) is 12.2. The molecule has 0 bridgehead atoms. The first-order valence-corrected chi connectivity index (χ1v) is 13.2. The predicted molar refractivity (Wildman–Crippen MR) is 142 cm³/mol. The van der Waals surface area contributed by atoms with Gasteiger partial charge in [-0.3, -0.25) is 14.6 Å². The molecule has 10 heteroatoms. The summed E-state index contributed by atoms with van der Waals surface area (Å²) < 4.78 is 0. The minimum Gasteiger partial charge on any atom is -0.550 e. The van der Waals surface area contributed by atoms with E-state index in [-0.39, 0.29) is 59.8 Å². The van der Waals surface area contributed by atoms with Crippen molar-refractivity contribution >= 4 is 46.7 Å². The monoisotopic (exact) mass is 565 g/mol. The molecular weight excluding hydrogens is 536 g/mol. The summed E-state index contributed by atoms with van der Waals surface area (Å²) in [6.45, 7) is 4.99. The predicted octanol–water partition coefficient (Wildman–Crippen LogP) is 1.04. The third-order valence-corrected chi connectivity index (χ3v) is 7.70. The number of carbonyl (C=O) groups excluding carboxylic acids is 3. The van der Waals surface area contributed by atoms with Crippen LogP contribution in [-0.2, 0) is 16.0 Å². The van der Waals surface area contributed by atoms with Gasteiger partial charge in [-0.15, -0.1) is 0 Å². The van der Waals surface area contributed by atoms with Gasteiger partial charge in [0.1, 0.15) is 11.4 Å². The van der Waals surface area contributed by atoms with E-state index in [0.717, 1.165) is 31.2 Å². The van der Waals surface area contributed by atoms with Crippen LogP contribution in [0.15, 0.2) is 47.5 Å². The average molecular weight is 566 g/mol. The van der Waals surface area contributed by atoms with Crippen LogP contribution in [0.3, 0.4) is 0 Å². The number of nitrogens with zero attached hydrogens (tertiary/aromatic N) is 2. The van der Waals surface area contributed by atoms with E-state index in [1.54, 1.807) is 30.3 Å². The van der Waals surface area contributed by atoms with Gasteiger partial charge in [-0.05, 0) is 73.4 Å². The van der Waals surface area contributed by atoms with Gasteiger partial charge in [-0.1, -0.05) is 49.2 Å². The molecule has 0 saturated heterocycles. The Labute approximate surface area is 255 Å². The maximum atomic E-state index is 13.7. The molecule has 1 aliphatic heterocycles. The summed E-state index contributed by atoms with van der Waals surface area (Å²) in [7, 11) is 0. The SMILES string of the molecule is CC1(C)CCC2(CC1)N=C(c1cc(Cl)cc(Cl)c1)C(=O)N2CCc1ccc(C(=O)NCCC(=O)[O-])cc1.[Na+]. The van der Waals surface area contributed by atoms with E-state index >= 15 is 0 Å². The molecule has 1 heterocycles. The number of hydrogen-bond acceptors (Lipinski definition) is 5. The molecule has 0 radical (unpaired) electrons. The zero-order valence-corrected chi connectivity index (χ0v) is 25.5. The van der Waals surface area contributed by atoms with Crippen LogP contribution in [0.4, 0.5) is 0 Å². The van der Waals surface area contributed by atoms with E-state index in [4.69, 9.17) is 28.2 Å². The molecular formula is C28H30Cl2N3NaO4. The first-order valence-electron chi connectivity index (χ1n) is 12.4. The molecule has 1 spiro atoms. The van der Waals surface area contributed by atoms with Crippen LogP contribution >= 0.6 is 23.2 Å². The third kappa shape index (κ3) is 7.19. The van der Waals surface area contributed by atoms with Gasteiger partial charge in [0.2, 0.25) is 0 Å². The second-order valence-electron chi connectivity index (χ2n) is 10.5. The number of halogens is 2. The summed E-state index contributed by atoms with van der Waals surface area (Å²) in [6.07, 6.45) is 3.86. The molecule has 0 unspecified atom stereocenters. The number of hydrogen-bond donors (Lipinski definition) is 1. The molecule has 2 amide bonds. The van der Waals surface area contributed by atoms with E-state index in [9.17, 15) is 19.5 Å². The van der Waals surface area contributed by atoms with Crippen LogP contribution in [0.5, 0.6) is 0 Å². The Balaban J connectivity index is 0.00000400. The number of amides is 2. The van der Waals surface area contributed by atoms with Crippen LogP contribution < -0.4 is 40.0 Å². The summed E-state index contributed by atoms with van der Waals surface area (Å²) in [4.78, 5) is 43.3. The van der Waals surface area contributed by atoms with Gasteiger partial charge in [0.25, 0.3) is 11.8 Å². The van der Waals surface area contributed by atoms with Crippen molar-refractivity contribution in [2.24, 2.45) is 10.4 Å². The van der Waals surface area contributed by atoms with E-state index in [2.05, 4.69) is 19.2 Å². The van der Waals surface area contributed by atoms with Crippen LogP contribution in [0, 0.1) is 5.41 Å². The van der Waals surface area contributed by atoms with Gasteiger partial charge in [0, 0.05) is 46.7 Å². The fourth-order valence-electron chi connectivity index (χ4n) is 4.97. The molecule has 0 atom stereocenters. The maximum Gasteiger partial charge on any atom is 1.00 e.